The maximum absolute atomic E-state index is 13.2. The van der Waals surface area contributed by atoms with Gasteiger partial charge in [-0.05, 0) is 31.6 Å². The predicted molar refractivity (Wildman–Crippen MR) is 156 cm³/mol. The van der Waals surface area contributed by atoms with E-state index in [1.54, 1.807) is 0 Å². The Bertz CT molecular complexity index is 745. The van der Waals surface area contributed by atoms with E-state index in [-0.39, 0.29) is 47.4 Å². The molecule has 37 heavy (non-hydrogen) atoms. The van der Waals surface area contributed by atoms with Gasteiger partial charge in [-0.25, -0.2) is 0 Å². The zero-order valence-electron chi connectivity index (χ0n) is 23.6. The van der Waals surface area contributed by atoms with Crippen molar-refractivity contribution >= 4 is 61.0 Å². The molecule has 0 radical (unpaired) electrons. The largest absolute Gasteiger partial charge is 0.356 e. The Morgan fingerprint density at radius 2 is 1.41 bits per heavy atom. The van der Waals surface area contributed by atoms with Gasteiger partial charge in [-0.3, -0.25) is 24.0 Å². The van der Waals surface area contributed by atoms with Crippen LogP contribution in [0.1, 0.15) is 99.3 Å². The number of hydrogen-bond donors (Lipinski definition) is 2. The SMILES string of the molecule is CC(=O)NCCC[C@H](NC(=O)[C@@H](CC(=O)CCCCCCC(=O)C(CBr)CBr)C(C)C)C(=O)C(C)(C)C. The molecule has 214 valence electrons. The lowest BCUT2D eigenvalue weighted by Crippen LogP contribution is -2.48. The zero-order valence-corrected chi connectivity index (χ0v) is 26.8. The summed E-state index contributed by atoms with van der Waals surface area (Å²) in [6.45, 7) is 11.2. The third-order valence-electron chi connectivity index (χ3n) is 6.46. The Balaban J connectivity index is 4.79. The fourth-order valence-electron chi connectivity index (χ4n) is 4.01. The van der Waals surface area contributed by atoms with Crippen LogP contribution in [0.15, 0.2) is 0 Å². The number of Topliss-reactive ketones (excluding diaryl/α,β-unsaturated/α-hetero) is 3. The summed E-state index contributed by atoms with van der Waals surface area (Å²) in [5, 5.41) is 6.97. The van der Waals surface area contributed by atoms with Gasteiger partial charge in [0.1, 0.15) is 11.6 Å². The molecular formula is C28H48Br2N2O5. The number of hydrogen-bond acceptors (Lipinski definition) is 5. The summed E-state index contributed by atoms with van der Waals surface area (Å²) < 4.78 is 0. The van der Waals surface area contributed by atoms with Crippen molar-refractivity contribution in [2.45, 2.75) is 105 Å². The first-order chi connectivity index (χ1) is 17.2. The molecule has 0 aromatic rings. The zero-order chi connectivity index (χ0) is 28.6. The Morgan fingerprint density at radius 1 is 0.838 bits per heavy atom. The monoisotopic (exact) mass is 650 g/mol. The molecule has 2 N–H and O–H groups in total. The lowest BCUT2D eigenvalue weighted by atomic mass is 9.83. The molecule has 0 saturated carbocycles. The number of rotatable bonds is 20. The smallest absolute Gasteiger partial charge is 0.224 e. The summed E-state index contributed by atoms with van der Waals surface area (Å²) >= 11 is 6.73. The van der Waals surface area contributed by atoms with Crippen LogP contribution in [-0.4, -0.2) is 52.4 Å². The van der Waals surface area contributed by atoms with Crippen LogP contribution in [0.3, 0.4) is 0 Å². The second kappa shape index (κ2) is 19.0. The Kier molecular flexibility index (Phi) is 18.5. The Hall–Kier alpha value is -1.09. The van der Waals surface area contributed by atoms with Gasteiger partial charge < -0.3 is 10.6 Å². The topological polar surface area (TPSA) is 109 Å². The first-order valence-corrected chi connectivity index (χ1v) is 15.7. The lowest BCUT2D eigenvalue weighted by molar-refractivity contribution is -0.136. The van der Waals surface area contributed by atoms with E-state index in [1.165, 1.54) is 6.92 Å². The summed E-state index contributed by atoms with van der Waals surface area (Å²) in [6.07, 6.45) is 5.47. The van der Waals surface area contributed by atoms with Gasteiger partial charge in [-0.1, -0.05) is 79.3 Å². The summed E-state index contributed by atoms with van der Waals surface area (Å²) in [5.74, 6) is -0.685. The van der Waals surface area contributed by atoms with Gasteiger partial charge in [-0.15, -0.1) is 0 Å². The van der Waals surface area contributed by atoms with Crippen LogP contribution in [0.25, 0.3) is 0 Å². The van der Waals surface area contributed by atoms with Gasteiger partial charge in [-0.2, -0.15) is 0 Å². The van der Waals surface area contributed by atoms with E-state index in [0.717, 1.165) is 25.7 Å². The second-order valence-electron chi connectivity index (χ2n) is 11.3. The molecule has 0 aromatic heterocycles. The fourth-order valence-corrected chi connectivity index (χ4v) is 5.81. The number of halogens is 2. The van der Waals surface area contributed by atoms with Crippen LogP contribution >= 0.6 is 31.9 Å². The molecule has 0 rings (SSSR count). The number of amides is 2. The number of nitrogens with one attached hydrogen (secondary N) is 2. The lowest BCUT2D eigenvalue weighted by Gasteiger charge is -2.28. The second-order valence-corrected chi connectivity index (χ2v) is 12.6. The molecule has 0 aliphatic carbocycles. The van der Waals surface area contributed by atoms with E-state index in [1.807, 2.05) is 34.6 Å². The molecule has 2 amide bonds. The van der Waals surface area contributed by atoms with Crippen molar-refractivity contribution in [2.24, 2.45) is 23.2 Å². The molecule has 0 spiro atoms. The molecule has 7 nitrogen and oxygen atoms in total. The van der Waals surface area contributed by atoms with Crippen LogP contribution in [0.5, 0.6) is 0 Å². The maximum Gasteiger partial charge on any atom is 0.224 e. The van der Waals surface area contributed by atoms with Gasteiger partial charge in [0.15, 0.2) is 5.78 Å². The third kappa shape index (κ3) is 15.8. The van der Waals surface area contributed by atoms with E-state index in [0.29, 0.717) is 42.9 Å². The van der Waals surface area contributed by atoms with Crippen molar-refractivity contribution in [1.29, 1.82) is 0 Å². The third-order valence-corrected chi connectivity index (χ3v) is 8.02. The number of ketones is 3. The quantitative estimate of drug-likeness (QED) is 0.133. The summed E-state index contributed by atoms with van der Waals surface area (Å²) in [4.78, 5) is 62.0. The highest BCUT2D eigenvalue weighted by molar-refractivity contribution is 9.09. The average Bonchev–Trinajstić information content (AvgIpc) is 2.80. The van der Waals surface area contributed by atoms with Crippen LogP contribution in [0.4, 0.5) is 0 Å². The number of alkyl halides is 2. The van der Waals surface area contributed by atoms with Crippen molar-refractivity contribution in [3.8, 4) is 0 Å². The minimum atomic E-state index is -0.658. The summed E-state index contributed by atoms with van der Waals surface area (Å²) in [7, 11) is 0. The van der Waals surface area contributed by atoms with Crippen molar-refractivity contribution in [1.82, 2.24) is 10.6 Å². The van der Waals surface area contributed by atoms with E-state index in [4.69, 9.17) is 0 Å². The minimum absolute atomic E-state index is 0.0104. The van der Waals surface area contributed by atoms with E-state index < -0.39 is 17.4 Å². The highest BCUT2D eigenvalue weighted by Gasteiger charge is 2.33. The molecule has 9 heteroatoms. The predicted octanol–water partition coefficient (Wildman–Crippen LogP) is 5.55. The molecule has 0 saturated heterocycles. The first-order valence-electron chi connectivity index (χ1n) is 13.5. The number of unbranched alkanes of at least 4 members (excludes halogenated alkanes) is 3. The average molecular weight is 653 g/mol. The molecular weight excluding hydrogens is 604 g/mol. The van der Waals surface area contributed by atoms with Gasteiger partial charge in [0.05, 0.1) is 6.04 Å². The van der Waals surface area contributed by atoms with Crippen LogP contribution in [0.2, 0.25) is 0 Å². The molecule has 2 atom stereocenters. The van der Waals surface area contributed by atoms with Crippen LogP contribution in [-0.2, 0) is 24.0 Å². The van der Waals surface area contributed by atoms with Crippen molar-refractivity contribution < 1.29 is 24.0 Å². The fraction of sp³-hybridized carbons (Fsp3) is 0.821. The molecule has 0 heterocycles. The molecule has 0 aliphatic heterocycles. The minimum Gasteiger partial charge on any atom is -0.356 e. The van der Waals surface area contributed by atoms with Gasteiger partial charge >= 0.3 is 0 Å². The molecule has 0 fully saturated rings. The van der Waals surface area contributed by atoms with E-state index in [2.05, 4.69) is 42.5 Å². The highest BCUT2D eigenvalue weighted by atomic mass is 79.9. The number of carbonyl (C=O) groups is 5. The van der Waals surface area contributed by atoms with Crippen molar-refractivity contribution in [3.05, 3.63) is 0 Å². The van der Waals surface area contributed by atoms with Gasteiger partial charge in [0.25, 0.3) is 0 Å². The molecule has 0 aliphatic rings. The van der Waals surface area contributed by atoms with Crippen molar-refractivity contribution in [3.63, 3.8) is 0 Å². The van der Waals surface area contributed by atoms with Crippen LogP contribution in [0, 0.1) is 23.2 Å². The van der Waals surface area contributed by atoms with Gasteiger partial charge in [0.2, 0.25) is 11.8 Å². The molecule has 0 bridgehead atoms. The van der Waals surface area contributed by atoms with E-state index >= 15 is 0 Å². The molecule has 0 aromatic carbocycles. The Labute approximate surface area is 240 Å². The van der Waals surface area contributed by atoms with Crippen LogP contribution < -0.4 is 10.6 Å². The standard InChI is InChI=1S/C28H48Br2N2O5/c1-19(2)23(16-22(34)12-9-7-8-10-14-25(35)21(17-29)18-30)27(37)32-24(26(36)28(4,5)6)13-11-15-31-20(3)33/h19,21,23-24H,7-18H2,1-6H3,(H,31,33)(H,32,37)/t23-,24-/m0/s1. The van der Waals surface area contributed by atoms with Crippen molar-refractivity contribution in [2.75, 3.05) is 17.2 Å². The Morgan fingerprint density at radius 3 is 1.89 bits per heavy atom. The van der Waals surface area contributed by atoms with E-state index in [9.17, 15) is 24.0 Å². The number of carbonyl (C=O) groups excluding carboxylic acids is 5. The summed E-state index contributed by atoms with van der Waals surface area (Å²) in [5.41, 5.74) is -0.622. The normalized spacial score (nSPS) is 13.4. The molecule has 0 unspecified atom stereocenters. The highest BCUT2D eigenvalue weighted by Crippen LogP contribution is 2.22. The van der Waals surface area contributed by atoms with Gasteiger partial charge in [0, 0.05) is 60.6 Å². The maximum atomic E-state index is 13.2. The first kappa shape index (κ1) is 35.9. The summed E-state index contributed by atoms with van der Waals surface area (Å²) in [6, 6.07) is -0.658.